The van der Waals surface area contributed by atoms with E-state index in [-0.39, 0.29) is 6.42 Å². The van der Waals surface area contributed by atoms with Crippen LogP contribution in [0.5, 0.6) is 0 Å². The summed E-state index contributed by atoms with van der Waals surface area (Å²) in [6.07, 6.45) is 5.97. The predicted molar refractivity (Wildman–Crippen MR) is 49.2 cm³/mol. The van der Waals surface area contributed by atoms with Crippen LogP contribution >= 0.6 is 0 Å². The highest BCUT2D eigenvalue weighted by Gasteiger charge is 1.95. The third-order valence-electron chi connectivity index (χ3n) is 1.67. The summed E-state index contributed by atoms with van der Waals surface area (Å²) >= 11 is 0. The minimum atomic E-state index is -0.775. The normalized spacial score (nSPS) is 10.8. The molecule has 70 valence electrons. The highest BCUT2D eigenvalue weighted by Crippen LogP contribution is 2.04. The number of H-pyrrole nitrogens is 1. The lowest BCUT2D eigenvalue weighted by Crippen LogP contribution is -1.91. The number of nitrogens with one attached hydrogen (secondary N) is 1. The first-order valence-corrected chi connectivity index (χ1v) is 4.08. The summed E-state index contributed by atoms with van der Waals surface area (Å²) in [5.41, 5.74) is 1.86. The topological polar surface area (TPSA) is 66.0 Å². The summed E-state index contributed by atoms with van der Waals surface area (Å²) in [6.45, 7) is 1.92. The Morgan fingerprint density at radius 2 is 2.54 bits per heavy atom. The fraction of sp³-hybridized carbons (Fsp3) is 0.333. The van der Waals surface area contributed by atoms with Gasteiger partial charge in [0, 0.05) is 12.1 Å². The molecule has 0 spiro atoms. The van der Waals surface area contributed by atoms with Gasteiger partial charge in [0.1, 0.15) is 0 Å². The number of imidazole rings is 1. The number of nitrogens with zero attached hydrogens (tertiary/aromatic N) is 1. The molecule has 0 aliphatic heterocycles. The smallest absolute Gasteiger partial charge is 0.303 e. The Bertz CT molecular complexity index is 315. The molecule has 0 aliphatic carbocycles. The third kappa shape index (κ3) is 3.11. The maximum absolute atomic E-state index is 10.2. The number of aryl methyl sites for hydroxylation is 1. The molecule has 0 saturated heterocycles. The lowest BCUT2D eigenvalue weighted by Gasteiger charge is -1.88. The van der Waals surface area contributed by atoms with E-state index in [0.29, 0.717) is 6.42 Å². The zero-order chi connectivity index (χ0) is 9.68. The fourth-order valence-corrected chi connectivity index (χ4v) is 0.939. The van der Waals surface area contributed by atoms with Crippen molar-refractivity contribution >= 4 is 12.0 Å². The Hall–Kier alpha value is -1.58. The van der Waals surface area contributed by atoms with Gasteiger partial charge in [-0.1, -0.05) is 6.08 Å². The van der Waals surface area contributed by atoms with Crippen molar-refractivity contribution in [1.82, 2.24) is 9.97 Å². The van der Waals surface area contributed by atoms with Gasteiger partial charge in [-0.25, -0.2) is 4.98 Å². The van der Waals surface area contributed by atoms with Crippen LogP contribution in [-0.2, 0) is 4.79 Å². The molecule has 1 rings (SSSR count). The number of aromatic amines is 1. The summed E-state index contributed by atoms with van der Waals surface area (Å²) in [6, 6.07) is 0. The number of carbonyl (C=O) groups is 1. The standard InChI is InChI=1S/C9H12N2O2/c1-7-8(11-6-10-7)4-2-3-5-9(12)13/h2,4,6H,3,5H2,1H3,(H,10,11)(H,12,13). The molecule has 0 atom stereocenters. The molecule has 0 amide bonds. The summed E-state index contributed by atoms with van der Waals surface area (Å²) in [5, 5.41) is 8.37. The minimum Gasteiger partial charge on any atom is -0.481 e. The Labute approximate surface area is 76.3 Å². The number of rotatable bonds is 4. The van der Waals surface area contributed by atoms with Gasteiger partial charge in [0.05, 0.1) is 12.0 Å². The van der Waals surface area contributed by atoms with Crippen molar-refractivity contribution in [2.75, 3.05) is 0 Å². The Kier molecular flexibility index (Phi) is 3.25. The Morgan fingerprint density at radius 3 is 3.08 bits per heavy atom. The first kappa shape index (κ1) is 9.51. The van der Waals surface area contributed by atoms with Gasteiger partial charge in [-0.15, -0.1) is 0 Å². The lowest BCUT2D eigenvalue weighted by atomic mass is 10.2. The second-order valence-corrected chi connectivity index (χ2v) is 2.75. The summed E-state index contributed by atoms with van der Waals surface area (Å²) < 4.78 is 0. The molecule has 2 N–H and O–H groups in total. The van der Waals surface area contributed by atoms with E-state index in [1.54, 1.807) is 6.33 Å². The van der Waals surface area contributed by atoms with Crippen LogP contribution in [0.25, 0.3) is 6.08 Å². The second-order valence-electron chi connectivity index (χ2n) is 2.75. The summed E-state index contributed by atoms with van der Waals surface area (Å²) in [5.74, 6) is -0.775. The molecular formula is C9H12N2O2. The Morgan fingerprint density at radius 1 is 1.77 bits per heavy atom. The number of hydrogen-bond acceptors (Lipinski definition) is 2. The van der Waals surface area contributed by atoms with Crippen molar-refractivity contribution in [1.29, 1.82) is 0 Å². The number of allylic oxidation sites excluding steroid dienone is 1. The van der Waals surface area contributed by atoms with Crippen LogP contribution in [-0.4, -0.2) is 21.0 Å². The highest BCUT2D eigenvalue weighted by molar-refractivity contribution is 5.67. The molecule has 13 heavy (non-hydrogen) atoms. The van der Waals surface area contributed by atoms with Crippen molar-refractivity contribution in [2.45, 2.75) is 19.8 Å². The van der Waals surface area contributed by atoms with Gasteiger partial charge in [-0.3, -0.25) is 4.79 Å². The summed E-state index contributed by atoms with van der Waals surface area (Å²) in [4.78, 5) is 17.2. The lowest BCUT2D eigenvalue weighted by molar-refractivity contribution is -0.136. The first-order valence-electron chi connectivity index (χ1n) is 4.08. The SMILES string of the molecule is Cc1[nH]cnc1C=CCCC(=O)O. The van der Waals surface area contributed by atoms with E-state index in [0.717, 1.165) is 11.4 Å². The van der Waals surface area contributed by atoms with Gasteiger partial charge < -0.3 is 10.1 Å². The van der Waals surface area contributed by atoms with Crippen LogP contribution in [0.3, 0.4) is 0 Å². The largest absolute Gasteiger partial charge is 0.481 e. The van der Waals surface area contributed by atoms with Crippen molar-refractivity contribution in [3.8, 4) is 0 Å². The molecule has 1 aromatic heterocycles. The van der Waals surface area contributed by atoms with Crippen LogP contribution in [0.2, 0.25) is 0 Å². The number of hydrogen-bond donors (Lipinski definition) is 2. The van der Waals surface area contributed by atoms with E-state index in [4.69, 9.17) is 5.11 Å². The van der Waals surface area contributed by atoms with Gasteiger partial charge in [0.25, 0.3) is 0 Å². The monoisotopic (exact) mass is 180 g/mol. The average Bonchev–Trinajstić information content (AvgIpc) is 2.45. The molecule has 4 heteroatoms. The molecular weight excluding hydrogens is 168 g/mol. The average molecular weight is 180 g/mol. The highest BCUT2D eigenvalue weighted by atomic mass is 16.4. The van der Waals surface area contributed by atoms with Gasteiger partial charge >= 0.3 is 5.97 Å². The van der Waals surface area contributed by atoms with E-state index in [2.05, 4.69) is 9.97 Å². The molecule has 0 saturated carbocycles. The van der Waals surface area contributed by atoms with Crippen LogP contribution < -0.4 is 0 Å². The van der Waals surface area contributed by atoms with Gasteiger partial charge in [-0.05, 0) is 19.4 Å². The minimum absolute atomic E-state index is 0.167. The molecule has 0 aromatic carbocycles. The maximum Gasteiger partial charge on any atom is 0.303 e. The second kappa shape index (κ2) is 4.45. The van der Waals surface area contributed by atoms with Crippen molar-refractivity contribution < 1.29 is 9.90 Å². The zero-order valence-corrected chi connectivity index (χ0v) is 7.45. The van der Waals surface area contributed by atoms with E-state index in [9.17, 15) is 4.79 Å². The van der Waals surface area contributed by atoms with Crippen molar-refractivity contribution in [2.24, 2.45) is 0 Å². The predicted octanol–water partition coefficient (Wildman–Crippen LogP) is 1.60. The first-order chi connectivity index (χ1) is 6.20. The molecule has 1 aromatic rings. The molecule has 1 heterocycles. The van der Waals surface area contributed by atoms with Gasteiger partial charge in [-0.2, -0.15) is 0 Å². The van der Waals surface area contributed by atoms with E-state index in [1.807, 2.05) is 19.1 Å². The molecule has 0 aliphatic rings. The number of carboxylic acids is 1. The van der Waals surface area contributed by atoms with Gasteiger partial charge in [0.2, 0.25) is 0 Å². The number of aromatic nitrogens is 2. The molecule has 4 nitrogen and oxygen atoms in total. The number of carboxylic acid groups (broad SMARTS) is 1. The molecule has 0 bridgehead atoms. The van der Waals surface area contributed by atoms with Crippen LogP contribution in [0.4, 0.5) is 0 Å². The van der Waals surface area contributed by atoms with Gasteiger partial charge in [0.15, 0.2) is 0 Å². The van der Waals surface area contributed by atoms with Crippen molar-refractivity contribution in [3.05, 3.63) is 23.8 Å². The van der Waals surface area contributed by atoms with Crippen LogP contribution in [0, 0.1) is 6.92 Å². The summed E-state index contributed by atoms with van der Waals surface area (Å²) in [7, 11) is 0. The zero-order valence-electron chi connectivity index (χ0n) is 7.45. The molecule has 0 fully saturated rings. The molecule has 0 radical (unpaired) electrons. The van der Waals surface area contributed by atoms with Crippen LogP contribution in [0.15, 0.2) is 12.4 Å². The quantitative estimate of drug-likeness (QED) is 0.739. The van der Waals surface area contributed by atoms with E-state index >= 15 is 0 Å². The Balaban J connectivity index is 2.41. The van der Waals surface area contributed by atoms with Crippen molar-refractivity contribution in [3.63, 3.8) is 0 Å². The number of aliphatic carboxylic acids is 1. The van der Waals surface area contributed by atoms with E-state index < -0.39 is 5.97 Å². The molecule has 0 unspecified atom stereocenters. The van der Waals surface area contributed by atoms with E-state index in [1.165, 1.54) is 0 Å². The third-order valence-corrected chi connectivity index (χ3v) is 1.67. The van der Waals surface area contributed by atoms with Crippen LogP contribution in [0.1, 0.15) is 24.2 Å². The fourth-order valence-electron chi connectivity index (χ4n) is 0.939. The maximum atomic E-state index is 10.2.